The molecule has 1 heterocycles. The summed E-state index contributed by atoms with van der Waals surface area (Å²) in [6, 6.07) is 16.7. The van der Waals surface area contributed by atoms with Crippen LogP contribution in [-0.2, 0) is 14.3 Å². The van der Waals surface area contributed by atoms with Crippen LogP contribution in [0.25, 0.3) is 0 Å². The number of rotatable bonds is 8. The predicted octanol–water partition coefficient (Wildman–Crippen LogP) is 5.34. The molecule has 2 aromatic carbocycles. The number of carbonyl (C=O) groups excluding carboxylic acids is 2. The van der Waals surface area contributed by atoms with Gasteiger partial charge in [0.2, 0.25) is 5.90 Å². The SMILES string of the molecule is CCCC[C@]1([C@@H](CC(C)=O)c2ccccc2Cl)N=C(c2ccccc2)OC1=O. The number of ether oxygens (including phenoxy) is 1. The quantitative estimate of drug-likeness (QED) is 0.565. The lowest BCUT2D eigenvalue weighted by atomic mass is 9.74. The van der Waals surface area contributed by atoms with E-state index in [-0.39, 0.29) is 12.2 Å². The van der Waals surface area contributed by atoms with E-state index in [1.807, 2.05) is 48.5 Å². The van der Waals surface area contributed by atoms with Gasteiger partial charge in [-0.1, -0.05) is 67.8 Å². The van der Waals surface area contributed by atoms with Crippen LogP contribution in [0.3, 0.4) is 0 Å². The first-order chi connectivity index (χ1) is 13.5. The topological polar surface area (TPSA) is 55.7 Å². The maximum atomic E-state index is 13.2. The average molecular weight is 398 g/mol. The molecular weight excluding hydrogens is 374 g/mol. The fourth-order valence-electron chi connectivity index (χ4n) is 3.71. The summed E-state index contributed by atoms with van der Waals surface area (Å²) in [5.41, 5.74) is 0.345. The van der Waals surface area contributed by atoms with E-state index in [9.17, 15) is 9.59 Å². The van der Waals surface area contributed by atoms with Crippen LogP contribution in [0.2, 0.25) is 5.02 Å². The molecule has 146 valence electrons. The molecule has 0 radical (unpaired) electrons. The molecule has 0 saturated heterocycles. The number of cyclic esters (lactones) is 1. The lowest BCUT2D eigenvalue weighted by Crippen LogP contribution is -2.41. The highest BCUT2D eigenvalue weighted by molar-refractivity contribution is 6.31. The maximum absolute atomic E-state index is 13.2. The summed E-state index contributed by atoms with van der Waals surface area (Å²) in [6.45, 7) is 3.59. The van der Waals surface area contributed by atoms with Gasteiger partial charge < -0.3 is 9.53 Å². The third kappa shape index (κ3) is 4.02. The number of unbranched alkanes of at least 4 members (excludes halogenated alkanes) is 1. The number of carbonyl (C=O) groups is 2. The summed E-state index contributed by atoms with van der Waals surface area (Å²) in [5.74, 6) is -0.593. The number of Topliss-reactive ketones (excluding diaryl/α,β-unsaturated/α-hetero) is 1. The number of esters is 1. The number of ketones is 1. The molecule has 1 aliphatic heterocycles. The second kappa shape index (κ2) is 8.70. The number of nitrogens with zero attached hydrogens (tertiary/aromatic N) is 1. The second-order valence-electron chi connectivity index (χ2n) is 7.18. The number of hydrogen-bond donors (Lipinski definition) is 0. The molecule has 0 amide bonds. The zero-order valence-corrected chi connectivity index (χ0v) is 16.9. The van der Waals surface area contributed by atoms with Gasteiger partial charge in [-0.15, -0.1) is 0 Å². The van der Waals surface area contributed by atoms with Crippen molar-refractivity contribution >= 4 is 29.3 Å². The summed E-state index contributed by atoms with van der Waals surface area (Å²) in [4.78, 5) is 30.1. The Labute approximate surface area is 170 Å². The molecule has 28 heavy (non-hydrogen) atoms. The molecule has 0 fully saturated rings. The first-order valence-electron chi connectivity index (χ1n) is 9.59. The Hall–Kier alpha value is -2.46. The first-order valence-corrected chi connectivity index (χ1v) is 9.97. The van der Waals surface area contributed by atoms with Gasteiger partial charge in [-0.05, 0) is 37.1 Å². The molecule has 0 bridgehead atoms. The van der Waals surface area contributed by atoms with Crippen molar-refractivity contribution in [2.45, 2.75) is 51.0 Å². The van der Waals surface area contributed by atoms with Crippen LogP contribution < -0.4 is 0 Å². The largest absolute Gasteiger partial charge is 0.405 e. The zero-order valence-electron chi connectivity index (χ0n) is 16.2. The van der Waals surface area contributed by atoms with Gasteiger partial charge in [0.1, 0.15) is 5.78 Å². The van der Waals surface area contributed by atoms with Crippen molar-refractivity contribution in [1.29, 1.82) is 0 Å². The second-order valence-corrected chi connectivity index (χ2v) is 7.59. The Kier molecular flexibility index (Phi) is 6.30. The van der Waals surface area contributed by atoms with E-state index in [4.69, 9.17) is 21.3 Å². The molecule has 0 saturated carbocycles. The normalized spacial score (nSPS) is 19.8. The van der Waals surface area contributed by atoms with Crippen LogP contribution in [0.1, 0.15) is 56.6 Å². The predicted molar refractivity (Wildman–Crippen MR) is 111 cm³/mol. The third-order valence-electron chi connectivity index (χ3n) is 5.12. The van der Waals surface area contributed by atoms with Crippen molar-refractivity contribution in [3.63, 3.8) is 0 Å². The molecular formula is C23H24ClNO3. The molecule has 0 unspecified atom stereocenters. The van der Waals surface area contributed by atoms with Gasteiger partial charge in [0.15, 0.2) is 5.54 Å². The van der Waals surface area contributed by atoms with Crippen molar-refractivity contribution in [3.05, 3.63) is 70.7 Å². The van der Waals surface area contributed by atoms with Crippen LogP contribution in [0.15, 0.2) is 59.6 Å². The van der Waals surface area contributed by atoms with Gasteiger partial charge in [-0.25, -0.2) is 9.79 Å². The van der Waals surface area contributed by atoms with Gasteiger partial charge >= 0.3 is 5.97 Å². The summed E-state index contributed by atoms with van der Waals surface area (Å²) >= 11 is 6.47. The number of aliphatic imine (C=N–C) groups is 1. The molecule has 4 nitrogen and oxygen atoms in total. The number of halogens is 1. The van der Waals surface area contributed by atoms with E-state index >= 15 is 0 Å². The van der Waals surface area contributed by atoms with Crippen molar-refractivity contribution in [1.82, 2.24) is 0 Å². The molecule has 5 heteroatoms. The van der Waals surface area contributed by atoms with E-state index in [1.54, 1.807) is 6.07 Å². The van der Waals surface area contributed by atoms with Gasteiger partial charge in [-0.2, -0.15) is 0 Å². The van der Waals surface area contributed by atoms with Crippen LogP contribution >= 0.6 is 11.6 Å². The monoisotopic (exact) mass is 397 g/mol. The molecule has 2 aromatic rings. The van der Waals surface area contributed by atoms with E-state index in [1.165, 1.54) is 6.92 Å². The number of benzene rings is 2. The molecule has 1 aliphatic rings. The van der Waals surface area contributed by atoms with Crippen molar-refractivity contribution in [2.75, 3.05) is 0 Å². The highest BCUT2D eigenvalue weighted by atomic mass is 35.5. The Morgan fingerprint density at radius 1 is 1.14 bits per heavy atom. The van der Waals surface area contributed by atoms with Gasteiger partial charge in [0, 0.05) is 22.9 Å². The Morgan fingerprint density at radius 2 is 1.82 bits per heavy atom. The van der Waals surface area contributed by atoms with Crippen LogP contribution in [-0.4, -0.2) is 23.2 Å². The third-order valence-corrected chi connectivity index (χ3v) is 5.47. The fraction of sp³-hybridized carbons (Fsp3) is 0.348. The molecule has 0 aliphatic carbocycles. The van der Waals surface area contributed by atoms with Gasteiger partial charge in [0.25, 0.3) is 0 Å². The van der Waals surface area contributed by atoms with E-state index in [0.717, 1.165) is 24.0 Å². The lowest BCUT2D eigenvalue weighted by molar-refractivity contribution is -0.140. The molecule has 0 N–H and O–H groups in total. The summed E-state index contributed by atoms with van der Waals surface area (Å²) in [7, 11) is 0. The van der Waals surface area contributed by atoms with Crippen molar-refractivity contribution < 1.29 is 14.3 Å². The highest BCUT2D eigenvalue weighted by Gasteiger charge is 2.52. The minimum absolute atomic E-state index is 0.0167. The molecule has 0 aromatic heterocycles. The first kappa shape index (κ1) is 20.3. The van der Waals surface area contributed by atoms with E-state index < -0.39 is 17.4 Å². The smallest absolute Gasteiger partial charge is 0.341 e. The molecule has 0 spiro atoms. The minimum atomic E-state index is -1.15. The summed E-state index contributed by atoms with van der Waals surface area (Å²) in [5, 5.41) is 0.529. The van der Waals surface area contributed by atoms with Crippen LogP contribution in [0.5, 0.6) is 0 Å². The summed E-state index contributed by atoms with van der Waals surface area (Å²) < 4.78 is 5.64. The maximum Gasteiger partial charge on any atom is 0.341 e. The molecule has 3 rings (SSSR count). The summed E-state index contributed by atoms with van der Waals surface area (Å²) in [6.07, 6.45) is 2.37. The zero-order chi connectivity index (χ0) is 20.1. The van der Waals surface area contributed by atoms with E-state index in [2.05, 4.69) is 6.92 Å². The van der Waals surface area contributed by atoms with Crippen LogP contribution in [0, 0.1) is 0 Å². The standard InChI is InChI=1S/C23H24ClNO3/c1-3-4-14-23(19(15-16(2)26)18-12-8-9-13-20(18)24)22(27)28-21(25-23)17-10-6-5-7-11-17/h5-13,19H,3-4,14-15H2,1-2H3/t19-,23+/m0/s1. The Balaban J connectivity index is 2.15. The lowest BCUT2D eigenvalue weighted by Gasteiger charge is -2.32. The van der Waals surface area contributed by atoms with Crippen LogP contribution in [0.4, 0.5) is 0 Å². The number of hydrogen-bond acceptors (Lipinski definition) is 4. The Bertz CT molecular complexity index is 894. The minimum Gasteiger partial charge on any atom is -0.405 e. The van der Waals surface area contributed by atoms with Crippen molar-refractivity contribution in [3.8, 4) is 0 Å². The molecule has 2 atom stereocenters. The average Bonchev–Trinajstić information content (AvgIpc) is 3.03. The van der Waals surface area contributed by atoms with Crippen molar-refractivity contribution in [2.24, 2.45) is 4.99 Å². The van der Waals surface area contributed by atoms with E-state index in [0.29, 0.717) is 17.3 Å². The Morgan fingerprint density at radius 3 is 2.46 bits per heavy atom. The van der Waals surface area contributed by atoms with Gasteiger partial charge in [0.05, 0.1) is 0 Å². The van der Waals surface area contributed by atoms with Gasteiger partial charge in [-0.3, -0.25) is 0 Å². The highest BCUT2D eigenvalue weighted by Crippen LogP contribution is 2.45. The fourth-order valence-corrected chi connectivity index (χ4v) is 3.98.